The molecule has 1 aromatic heterocycles. The first-order valence-corrected chi connectivity index (χ1v) is 6.48. The minimum absolute atomic E-state index is 0.0273. The van der Waals surface area contributed by atoms with E-state index < -0.39 is 0 Å². The summed E-state index contributed by atoms with van der Waals surface area (Å²) >= 11 is 6.29. The van der Waals surface area contributed by atoms with Crippen molar-refractivity contribution >= 4 is 11.6 Å². The molecule has 0 aromatic carbocycles. The van der Waals surface area contributed by atoms with Crippen molar-refractivity contribution in [3.63, 3.8) is 0 Å². The standard InChI is InChI=1S/C14H15ClN2/c1-16-14(6-7-14)13-12(15)8-11(9-17-13)5-4-10-2-3-10/h8-10,16H,2-3,6-7H2,1H3. The van der Waals surface area contributed by atoms with Crippen LogP contribution < -0.4 is 5.32 Å². The summed E-state index contributed by atoms with van der Waals surface area (Å²) in [5.41, 5.74) is 1.93. The largest absolute Gasteiger partial charge is 0.309 e. The summed E-state index contributed by atoms with van der Waals surface area (Å²) in [5, 5.41) is 4.04. The molecular weight excluding hydrogens is 232 g/mol. The molecule has 0 unspecified atom stereocenters. The van der Waals surface area contributed by atoms with Crippen molar-refractivity contribution in [1.82, 2.24) is 10.3 Å². The van der Waals surface area contributed by atoms with Gasteiger partial charge in [0.2, 0.25) is 0 Å². The van der Waals surface area contributed by atoms with Crippen molar-refractivity contribution in [2.75, 3.05) is 7.05 Å². The second-order valence-corrected chi connectivity index (χ2v) is 5.34. The summed E-state index contributed by atoms with van der Waals surface area (Å²) in [6.07, 6.45) is 6.56. The second-order valence-electron chi connectivity index (χ2n) is 4.93. The van der Waals surface area contributed by atoms with E-state index in [2.05, 4.69) is 22.1 Å². The molecule has 0 radical (unpaired) electrons. The summed E-state index contributed by atoms with van der Waals surface area (Å²) in [4.78, 5) is 4.48. The number of hydrogen-bond donors (Lipinski definition) is 1. The van der Waals surface area contributed by atoms with Crippen LogP contribution >= 0.6 is 11.6 Å². The van der Waals surface area contributed by atoms with Crippen molar-refractivity contribution < 1.29 is 0 Å². The lowest BCUT2D eigenvalue weighted by molar-refractivity contribution is 0.568. The van der Waals surface area contributed by atoms with Gasteiger partial charge in [-0.1, -0.05) is 23.4 Å². The van der Waals surface area contributed by atoms with Gasteiger partial charge in [-0.2, -0.15) is 0 Å². The van der Waals surface area contributed by atoms with Crippen LogP contribution in [0, 0.1) is 17.8 Å². The van der Waals surface area contributed by atoms with Gasteiger partial charge in [0.15, 0.2) is 0 Å². The lowest BCUT2D eigenvalue weighted by Crippen LogP contribution is -2.26. The van der Waals surface area contributed by atoms with Gasteiger partial charge in [0.05, 0.1) is 16.3 Å². The molecule has 2 fully saturated rings. The van der Waals surface area contributed by atoms with Crippen LogP contribution in [0.4, 0.5) is 0 Å². The summed E-state index contributed by atoms with van der Waals surface area (Å²) in [6.45, 7) is 0. The van der Waals surface area contributed by atoms with Crippen LogP contribution in [0.1, 0.15) is 36.9 Å². The molecule has 2 nitrogen and oxygen atoms in total. The maximum absolute atomic E-state index is 6.29. The fourth-order valence-electron chi connectivity index (χ4n) is 2.00. The molecule has 3 heteroatoms. The third kappa shape index (κ3) is 2.18. The molecule has 2 aliphatic rings. The predicted molar refractivity (Wildman–Crippen MR) is 68.8 cm³/mol. The zero-order valence-electron chi connectivity index (χ0n) is 9.89. The predicted octanol–water partition coefficient (Wildman–Crippen LogP) is 2.71. The highest BCUT2D eigenvalue weighted by Gasteiger charge is 2.45. The van der Waals surface area contributed by atoms with Gasteiger partial charge in [-0.05, 0) is 38.8 Å². The van der Waals surface area contributed by atoms with Crippen molar-refractivity contribution in [2.24, 2.45) is 5.92 Å². The van der Waals surface area contributed by atoms with E-state index in [4.69, 9.17) is 11.6 Å². The Morgan fingerprint density at radius 2 is 2.24 bits per heavy atom. The Morgan fingerprint density at radius 1 is 1.47 bits per heavy atom. The van der Waals surface area contributed by atoms with Crippen molar-refractivity contribution in [3.05, 3.63) is 28.5 Å². The van der Waals surface area contributed by atoms with Crippen LogP contribution in [-0.2, 0) is 5.54 Å². The maximum atomic E-state index is 6.29. The van der Waals surface area contributed by atoms with Crippen LogP contribution in [0.2, 0.25) is 5.02 Å². The van der Waals surface area contributed by atoms with E-state index in [0.29, 0.717) is 5.92 Å². The highest BCUT2D eigenvalue weighted by atomic mass is 35.5. The Hall–Kier alpha value is -1.04. The van der Waals surface area contributed by atoms with E-state index >= 15 is 0 Å². The quantitative estimate of drug-likeness (QED) is 0.812. The van der Waals surface area contributed by atoms with E-state index in [-0.39, 0.29) is 5.54 Å². The first-order valence-electron chi connectivity index (χ1n) is 6.10. The highest BCUT2D eigenvalue weighted by Crippen LogP contribution is 2.46. The zero-order valence-corrected chi connectivity index (χ0v) is 10.6. The van der Waals surface area contributed by atoms with Crippen LogP contribution in [-0.4, -0.2) is 12.0 Å². The molecule has 0 saturated heterocycles. The highest BCUT2D eigenvalue weighted by molar-refractivity contribution is 6.31. The number of pyridine rings is 1. The van der Waals surface area contributed by atoms with Crippen LogP contribution in [0.5, 0.6) is 0 Å². The maximum Gasteiger partial charge on any atom is 0.0791 e. The monoisotopic (exact) mass is 246 g/mol. The number of rotatable bonds is 2. The molecule has 0 bridgehead atoms. The summed E-state index contributed by atoms with van der Waals surface area (Å²) in [5.74, 6) is 6.98. The molecular formula is C14H15ClN2. The van der Waals surface area contributed by atoms with Crippen molar-refractivity contribution in [1.29, 1.82) is 0 Å². The van der Waals surface area contributed by atoms with Gasteiger partial charge in [-0.3, -0.25) is 4.98 Å². The average molecular weight is 247 g/mol. The molecule has 1 heterocycles. The summed E-state index contributed by atoms with van der Waals surface area (Å²) in [6, 6.07) is 1.94. The average Bonchev–Trinajstić information content (AvgIpc) is 3.21. The molecule has 0 spiro atoms. The minimum Gasteiger partial charge on any atom is -0.309 e. The van der Waals surface area contributed by atoms with Crippen molar-refractivity contribution in [3.8, 4) is 11.8 Å². The Labute approximate surface area is 107 Å². The normalized spacial score (nSPS) is 20.6. The first-order chi connectivity index (χ1) is 8.23. The van der Waals surface area contributed by atoms with Gasteiger partial charge in [-0.25, -0.2) is 0 Å². The van der Waals surface area contributed by atoms with Crippen LogP contribution in [0.3, 0.4) is 0 Å². The number of hydrogen-bond acceptors (Lipinski definition) is 2. The van der Waals surface area contributed by atoms with E-state index in [0.717, 1.165) is 29.1 Å². The van der Waals surface area contributed by atoms with Crippen molar-refractivity contribution in [2.45, 2.75) is 31.2 Å². The summed E-state index contributed by atoms with van der Waals surface area (Å²) in [7, 11) is 1.96. The van der Waals surface area contributed by atoms with E-state index in [1.165, 1.54) is 12.8 Å². The van der Waals surface area contributed by atoms with E-state index in [9.17, 15) is 0 Å². The van der Waals surface area contributed by atoms with Gasteiger partial charge in [0.25, 0.3) is 0 Å². The molecule has 2 aliphatic carbocycles. The Bertz CT molecular complexity index is 505. The van der Waals surface area contributed by atoms with Gasteiger partial charge in [-0.15, -0.1) is 0 Å². The fraction of sp³-hybridized carbons (Fsp3) is 0.500. The second kappa shape index (κ2) is 4.01. The zero-order chi connectivity index (χ0) is 11.9. The minimum atomic E-state index is 0.0273. The van der Waals surface area contributed by atoms with Crippen LogP contribution in [0.15, 0.2) is 12.3 Å². The smallest absolute Gasteiger partial charge is 0.0791 e. The Balaban J connectivity index is 1.87. The third-order valence-corrected chi connectivity index (χ3v) is 3.81. The number of nitrogens with one attached hydrogen (secondary N) is 1. The molecule has 88 valence electrons. The first kappa shape index (κ1) is 11.1. The van der Waals surface area contributed by atoms with Gasteiger partial charge in [0.1, 0.15) is 0 Å². The van der Waals surface area contributed by atoms with E-state index in [1.54, 1.807) is 0 Å². The SMILES string of the molecule is CNC1(c2ncc(C#CC3CC3)cc2Cl)CC1. The molecule has 2 saturated carbocycles. The molecule has 0 atom stereocenters. The molecule has 1 N–H and O–H groups in total. The lowest BCUT2D eigenvalue weighted by Gasteiger charge is -2.14. The lowest BCUT2D eigenvalue weighted by atomic mass is 10.1. The number of aromatic nitrogens is 1. The third-order valence-electron chi connectivity index (χ3n) is 3.52. The number of nitrogens with zero attached hydrogens (tertiary/aromatic N) is 1. The molecule has 1 aromatic rings. The van der Waals surface area contributed by atoms with E-state index in [1.807, 2.05) is 19.3 Å². The molecule has 17 heavy (non-hydrogen) atoms. The molecule has 0 amide bonds. The van der Waals surface area contributed by atoms with Gasteiger partial charge in [0, 0.05) is 17.7 Å². The Kier molecular flexibility index (Phi) is 2.61. The Morgan fingerprint density at radius 3 is 2.76 bits per heavy atom. The molecule has 0 aliphatic heterocycles. The van der Waals surface area contributed by atoms with Gasteiger partial charge >= 0.3 is 0 Å². The topological polar surface area (TPSA) is 24.9 Å². The van der Waals surface area contributed by atoms with Gasteiger partial charge < -0.3 is 5.32 Å². The number of halogens is 1. The molecule has 3 rings (SSSR count). The van der Waals surface area contributed by atoms with Crippen LogP contribution in [0.25, 0.3) is 0 Å². The fourth-order valence-corrected chi connectivity index (χ4v) is 2.35. The summed E-state index contributed by atoms with van der Waals surface area (Å²) < 4.78 is 0.